The largest absolute Gasteiger partial charge is 0.469 e. The van der Waals surface area contributed by atoms with Crippen molar-refractivity contribution in [1.29, 1.82) is 0 Å². The molecule has 0 heterocycles. The van der Waals surface area contributed by atoms with Gasteiger partial charge in [-0.15, -0.1) is 0 Å². The van der Waals surface area contributed by atoms with Crippen LogP contribution in [-0.4, -0.2) is 13.1 Å². The Bertz CT molecular complexity index is 329. The molecule has 4 rings (SSSR count). The zero-order valence-corrected chi connectivity index (χ0v) is 10.3. The van der Waals surface area contributed by atoms with E-state index in [0.717, 1.165) is 19.3 Å². The maximum Gasteiger partial charge on any atom is 0.311 e. The number of hydrogen-bond acceptors (Lipinski definition) is 2. The topological polar surface area (TPSA) is 26.3 Å². The normalized spacial score (nSPS) is 54.1. The SMILES string of the molecule is [CH2]C12CC3CC(C)(C1)CC(C(=O)OC)(C3)C2. The summed E-state index contributed by atoms with van der Waals surface area (Å²) in [5.74, 6) is 0.730. The van der Waals surface area contributed by atoms with Crippen molar-refractivity contribution >= 4 is 5.97 Å². The highest BCUT2D eigenvalue weighted by Crippen LogP contribution is 2.69. The molecular formula is C14H21O2. The Hall–Kier alpha value is -0.530. The maximum absolute atomic E-state index is 12.1. The summed E-state index contributed by atoms with van der Waals surface area (Å²) < 4.78 is 5.06. The molecule has 0 aromatic heterocycles. The highest BCUT2D eigenvalue weighted by molar-refractivity contribution is 5.77. The van der Waals surface area contributed by atoms with Crippen molar-refractivity contribution in [2.75, 3.05) is 7.11 Å². The molecular weight excluding hydrogens is 200 g/mol. The highest BCUT2D eigenvalue weighted by atomic mass is 16.5. The van der Waals surface area contributed by atoms with Crippen molar-refractivity contribution in [2.24, 2.45) is 22.2 Å². The molecule has 4 fully saturated rings. The van der Waals surface area contributed by atoms with Crippen LogP contribution in [0.2, 0.25) is 0 Å². The van der Waals surface area contributed by atoms with Crippen molar-refractivity contribution in [3.63, 3.8) is 0 Å². The maximum atomic E-state index is 12.1. The van der Waals surface area contributed by atoms with Crippen molar-refractivity contribution in [3.8, 4) is 0 Å². The van der Waals surface area contributed by atoms with Crippen LogP contribution in [0.1, 0.15) is 45.4 Å². The van der Waals surface area contributed by atoms with Crippen molar-refractivity contribution in [2.45, 2.75) is 45.4 Å². The number of methoxy groups -OCH3 is 1. The monoisotopic (exact) mass is 221 g/mol. The summed E-state index contributed by atoms with van der Waals surface area (Å²) in [7, 11) is 1.53. The van der Waals surface area contributed by atoms with Crippen LogP contribution in [-0.2, 0) is 9.53 Å². The lowest BCUT2D eigenvalue weighted by atomic mass is 9.40. The van der Waals surface area contributed by atoms with E-state index in [9.17, 15) is 4.79 Å². The molecule has 2 nitrogen and oxygen atoms in total. The molecule has 4 saturated carbocycles. The van der Waals surface area contributed by atoms with Crippen LogP contribution in [0.25, 0.3) is 0 Å². The number of esters is 1. The Morgan fingerprint density at radius 1 is 1.25 bits per heavy atom. The lowest BCUT2D eigenvalue weighted by Gasteiger charge is -2.64. The van der Waals surface area contributed by atoms with Gasteiger partial charge >= 0.3 is 5.97 Å². The molecule has 4 aliphatic carbocycles. The predicted octanol–water partition coefficient (Wildman–Crippen LogP) is 2.97. The van der Waals surface area contributed by atoms with E-state index in [4.69, 9.17) is 4.74 Å². The minimum absolute atomic E-state index is 0.0239. The molecule has 4 bridgehead atoms. The lowest BCUT2D eigenvalue weighted by molar-refractivity contribution is -0.184. The number of carbonyl (C=O) groups excluding carboxylic acids is 1. The van der Waals surface area contributed by atoms with E-state index in [-0.39, 0.29) is 16.8 Å². The molecule has 0 N–H and O–H groups in total. The fourth-order valence-electron chi connectivity index (χ4n) is 5.58. The van der Waals surface area contributed by atoms with Crippen molar-refractivity contribution < 1.29 is 9.53 Å². The van der Waals surface area contributed by atoms with Gasteiger partial charge in [0.2, 0.25) is 0 Å². The van der Waals surface area contributed by atoms with Gasteiger partial charge in [0.15, 0.2) is 0 Å². The molecule has 16 heavy (non-hydrogen) atoms. The van der Waals surface area contributed by atoms with Crippen LogP contribution in [0.4, 0.5) is 0 Å². The summed E-state index contributed by atoms with van der Waals surface area (Å²) in [6, 6.07) is 0. The summed E-state index contributed by atoms with van der Waals surface area (Å²) in [6.45, 7) is 6.77. The Balaban J connectivity index is 2.01. The molecule has 0 amide bonds. The summed E-state index contributed by atoms with van der Waals surface area (Å²) in [5, 5.41) is 0. The first-order chi connectivity index (χ1) is 7.39. The zero-order valence-electron chi connectivity index (χ0n) is 10.3. The number of rotatable bonds is 1. The fourth-order valence-corrected chi connectivity index (χ4v) is 5.58. The third-order valence-electron chi connectivity index (χ3n) is 5.08. The van der Waals surface area contributed by atoms with Gasteiger partial charge in [0.1, 0.15) is 0 Å². The van der Waals surface area contributed by atoms with Crippen molar-refractivity contribution in [3.05, 3.63) is 6.92 Å². The number of hydrogen-bond donors (Lipinski definition) is 0. The Morgan fingerprint density at radius 2 is 2.00 bits per heavy atom. The molecule has 0 aromatic carbocycles. The molecule has 89 valence electrons. The Morgan fingerprint density at radius 3 is 2.56 bits per heavy atom. The van der Waals surface area contributed by atoms with Gasteiger partial charge in [-0.25, -0.2) is 0 Å². The van der Waals surface area contributed by atoms with Crippen LogP contribution in [0.15, 0.2) is 0 Å². The molecule has 4 aliphatic rings. The highest BCUT2D eigenvalue weighted by Gasteiger charge is 2.63. The third kappa shape index (κ3) is 1.28. The Kier molecular flexibility index (Phi) is 1.88. The minimum Gasteiger partial charge on any atom is -0.469 e. The summed E-state index contributed by atoms with van der Waals surface area (Å²) in [6.07, 6.45) is 6.76. The van der Waals surface area contributed by atoms with E-state index in [0.29, 0.717) is 11.3 Å². The van der Waals surface area contributed by atoms with Crippen LogP contribution in [0.3, 0.4) is 0 Å². The zero-order chi connectivity index (χ0) is 11.6. The molecule has 1 radical (unpaired) electrons. The van der Waals surface area contributed by atoms with E-state index in [1.54, 1.807) is 0 Å². The van der Waals surface area contributed by atoms with Gasteiger partial charge in [0, 0.05) is 0 Å². The second-order valence-electron chi connectivity index (χ2n) is 7.09. The summed E-state index contributed by atoms with van der Waals surface area (Å²) >= 11 is 0. The van der Waals surface area contributed by atoms with Gasteiger partial charge in [0.05, 0.1) is 12.5 Å². The fraction of sp³-hybridized carbons (Fsp3) is 0.857. The second kappa shape index (κ2) is 2.83. The number of ether oxygens (including phenoxy) is 1. The van der Waals surface area contributed by atoms with Crippen LogP contribution in [0.5, 0.6) is 0 Å². The van der Waals surface area contributed by atoms with Crippen LogP contribution in [0, 0.1) is 29.1 Å². The lowest BCUT2D eigenvalue weighted by Crippen LogP contribution is -2.58. The smallest absolute Gasteiger partial charge is 0.311 e. The van der Waals surface area contributed by atoms with Gasteiger partial charge in [0.25, 0.3) is 0 Å². The molecule has 0 aromatic rings. The predicted molar refractivity (Wildman–Crippen MR) is 61.5 cm³/mol. The van der Waals surface area contributed by atoms with Crippen LogP contribution >= 0.6 is 0 Å². The number of carbonyl (C=O) groups is 1. The minimum atomic E-state index is -0.190. The average Bonchev–Trinajstić information content (AvgIpc) is 2.10. The van der Waals surface area contributed by atoms with Gasteiger partial charge in [-0.1, -0.05) is 6.92 Å². The summed E-state index contributed by atoms with van der Waals surface area (Å²) in [4.78, 5) is 12.1. The van der Waals surface area contributed by atoms with E-state index >= 15 is 0 Å². The Labute approximate surface area is 97.7 Å². The summed E-state index contributed by atoms with van der Waals surface area (Å²) in [5.41, 5.74) is 0.308. The van der Waals surface area contributed by atoms with E-state index in [1.807, 2.05) is 0 Å². The molecule has 0 spiro atoms. The van der Waals surface area contributed by atoms with Gasteiger partial charge < -0.3 is 4.74 Å². The van der Waals surface area contributed by atoms with Crippen molar-refractivity contribution in [1.82, 2.24) is 0 Å². The van der Waals surface area contributed by atoms with Gasteiger partial charge in [-0.05, 0) is 62.2 Å². The molecule has 0 saturated heterocycles. The van der Waals surface area contributed by atoms with E-state index < -0.39 is 0 Å². The molecule has 4 unspecified atom stereocenters. The molecule has 4 atom stereocenters. The second-order valence-corrected chi connectivity index (χ2v) is 7.09. The van der Waals surface area contributed by atoms with E-state index in [2.05, 4.69) is 13.8 Å². The van der Waals surface area contributed by atoms with E-state index in [1.165, 1.54) is 26.4 Å². The molecule has 0 aliphatic heterocycles. The third-order valence-corrected chi connectivity index (χ3v) is 5.08. The molecule has 2 heteroatoms. The first kappa shape index (κ1) is 10.6. The van der Waals surface area contributed by atoms with Gasteiger partial charge in [-0.2, -0.15) is 0 Å². The van der Waals surface area contributed by atoms with Crippen LogP contribution < -0.4 is 0 Å². The first-order valence-electron chi connectivity index (χ1n) is 6.33. The van der Waals surface area contributed by atoms with Gasteiger partial charge in [-0.3, -0.25) is 4.79 Å². The average molecular weight is 221 g/mol. The quantitative estimate of drug-likeness (QED) is 0.636. The first-order valence-corrected chi connectivity index (χ1v) is 6.33. The standard InChI is InChI=1S/C14H21O2/c1-12-4-10-5-13(2,7-12)9-14(6-10,8-12)11(15)16-3/h10H,1,4-9H2,2-3H3.